The predicted molar refractivity (Wildman–Crippen MR) is 113 cm³/mol. The van der Waals surface area contributed by atoms with Crippen LogP contribution in [0.3, 0.4) is 0 Å². The lowest BCUT2D eigenvalue weighted by Gasteiger charge is -2.19. The molecule has 2 rings (SSSR count). The van der Waals surface area contributed by atoms with Crippen LogP contribution in [-0.4, -0.2) is 26.7 Å². The molecule has 2 aromatic rings. The lowest BCUT2D eigenvalue weighted by molar-refractivity contribution is -0.0505. The van der Waals surface area contributed by atoms with Gasteiger partial charge in [0, 0.05) is 25.2 Å². The fraction of sp³-hybridized carbons (Fsp3) is 0.316. The number of ether oxygens (including phenoxy) is 2. The number of rotatable bonds is 7. The summed E-state index contributed by atoms with van der Waals surface area (Å²) in [5.74, 6) is 1.07. The summed E-state index contributed by atoms with van der Waals surface area (Å²) in [7, 11) is 3.12. The van der Waals surface area contributed by atoms with Crippen LogP contribution in [0.25, 0.3) is 0 Å². The van der Waals surface area contributed by atoms with Gasteiger partial charge in [0.05, 0.1) is 13.2 Å². The normalized spacial score (nSPS) is 12.1. The first-order chi connectivity index (χ1) is 12.5. The van der Waals surface area contributed by atoms with Gasteiger partial charge in [-0.1, -0.05) is 30.3 Å². The van der Waals surface area contributed by atoms with Gasteiger partial charge in [0.25, 0.3) is 0 Å². The molecule has 8 heteroatoms. The van der Waals surface area contributed by atoms with E-state index in [1.165, 1.54) is 13.2 Å². The Hall–Kier alpha value is -2.10. The second-order valence-electron chi connectivity index (χ2n) is 5.55. The highest BCUT2D eigenvalue weighted by Crippen LogP contribution is 2.26. The third kappa shape index (κ3) is 7.20. The van der Waals surface area contributed by atoms with Crippen LogP contribution in [0, 0.1) is 0 Å². The number of guanidine groups is 1. The average Bonchev–Trinajstić information content (AvgIpc) is 2.65. The van der Waals surface area contributed by atoms with Gasteiger partial charge in [-0.3, -0.25) is 4.99 Å². The highest BCUT2D eigenvalue weighted by molar-refractivity contribution is 14.0. The van der Waals surface area contributed by atoms with E-state index in [9.17, 15) is 8.78 Å². The Morgan fingerprint density at radius 2 is 1.85 bits per heavy atom. The number of hydrogen-bond acceptors (Lipinski definition) is 3. The van der Waals surface area contributed by atoms with E-state index in [1.807, 2.05) is 37.3 Å². The molecule has 0 saturated heterocycles. The van der Waals surface area contributed by atoms with E-state index in [2.05, 4.69) is 20.4 Å². The maximum Gasteiger partial charge on any atom is 0.387 e. The summed E-state index contributed by atoms with van der Waals surface area (Å²) < 4.78 is 34.9. The topological polar surface area (TPSA) is 54.9 Å². The van der Waals surface area contributed by atoms with Gasteiger partial charge < -0.3 is 20.1 Å². The van der Waals surface area contributed by atoms with E-state index in [1.54, 1.807) is 19.2 Å². The number of aliphatic imine (C=N–C) groups is 1. The molecule has 0 saturated carbocycles. The van der Waals surface area contributed by atoms with E-state index in [4.69, 9.17) is 4.74 Å². The quantitative estimate of drug-likeness (QED) is 0.344. The number of benzene rings is 2. The van der Waals surface area contributed by atoms with Crippen LogP contribution in [0.1, 0.15) is 24.1 Å². The molecule has 0 aliphatic carbocycles. The van der Waals surface area contributed by atoms with Crippen LogP contribution in [0.2, 0.25) is 0 Å². The maximum absolute atomic E-state index is 12.6. The van der Waals surface area contributed by atoms with Crippen molar-refractivity contribution in [1.82, 2.24) is 10.6 Å². The van der Waals surface area contributed by atoms with Crippen molar-refractivity contribution in [3.05, 3.63) is 59.7 Å². The molecule has 27 heavy (non-hydrogen) atoms. The summed E-state index contributed by atoms with van der Waals surface area (Å²) in [6, 6.07) is 14.8. The zero-order valence-electron chi connectivity index (χ0n) is 15.4. The molecule has 0 heterocycles. The van der Waals surface area contributed by atoms with E-state index >= 15 is 0 Å². The van der Waals surface area contributed by atoms with Gasteiger partial charge in [-0.15, -0.1) is 24.0 Å². The number of halogens is 3. The highest BCUT2D eigenvalue weighted by Gasteiger charge is 2.13. The van der Waals surface area contributed by atoms with Crippen molar-refractivity contribution in [2.45, 2.75) is 26.1 Å². The maximum atomic E-state index is 12.6. The van der Waals surface area contributed by atoms with Crippen LogP contribution in [0.5, 0.6) is 11.5 Å². The number of methoxy groups -OCH3 is 1. The Labute approximate surface area is 175 Å². The van der Waals surface area contributed by atoms with E-state index in [0.29, 0.717) is 17.3 Å². The van der Waals surface area contributed by atoms with Crippen LogP contribution in [-0.2, 0) is 6.54 Å². The molecule has 0 bridgehead atoms. The molecule has 2 aromatic carbocycles. The standard InChI is InChI=1S/C19H23F2N3O2.HI/c1-13(14-7-5-4-6-8-14)24-19(22-2)23-12-15-9-10-16(25-3)11-17(15)26-18(20)21;/h4-11,13,18H,12H2,1-3H3,(H2,22,23,24);1H. The molecular weight excluding hydrogens is 467 g/mol. The minimum Gasteiger partial charge on any atom is -0.497 e. The minimum atomic E-state index is -2.91. The summed E-state index contributed by atoms with van der Waals surface area (Å²) >= 11 is 0. The Kier molecular flexibility index (Phi) is 9.84. The van der Waals surface area contributed by atoms with Crippen molar-refractivity contribution >= 4 is 29.9 Å². The van der Waals surface area contributed by atoms with E-state index in [0.717, 1.165) is 5.56 Å². The highest BCUT2D eigenvalue weighted by atomic mass is 127. The first kappa shape index (κ1) is 22.9. The van der Waals surface area contributed by atoms with Crippen LogP contribution >= 0.6 is 24.0 Å². The van der Waals surface area contributed by atoms with Crippen molar-refractivity contribution in [2.75, 3.05) is 14.2 Å². The van der Waals surface area contributed by atoms with Crippen LogP contribution in [0.15, 0.2) is 53.5 Å². The van der Waals surface area contributed by atoms with E-state index < -0.39 is 6.61 Å². The van der Waals surface area contributed by atoms with Crippen molar-refractivity contribution in [2.24, 2.45) is 4.99 Å². The number of hydrogen-bond donors (Lipinski definition) is 2. The fourth-order valence-corrected chi connectivity index (χ4v) is 2.42. The molecule has 2 N–H and O–H groups in total. The number of nitrogens with zero attached hydrogens (tertiary/aromatic N) is 1. The minimum absolute atomic E-state index is 0. The van der Waals surface area contributed by atoms with Gasteiger partial charge in [0.15, 0.2) is 5.96 Å². The van der Waals surface area contributed by atoms with E-state index in [-0.39, 0.29) is 42.3 Å². The molecule has 1 atom stereocenters. The zero-order chi connectivity index (χ0) is 18.9. The Morgan fingerprint density at radius 3 is 2.44 bits per heavy atom. The first-order valence-electron chi connectivity index (χ1n) is 8.17. The Morgan fingerprint density at radius 1 is 1.15 bits per heavy atom. The molecule has 0 aromatic heterocycles. The van der Waals surface area contributed by atoms with Crippen molar-refractivity contribution in [3.8, 4) is 11.5 Å². The molecule has 0 spiro atoms. The average molecular weight is 491 g/mol. The molecule has 0 amide bonds. The third-order valence-electron chi connectivity index (χ3n) is 3.81. The summed E-state index contributed by atoms with van der Waals surface area (Å²) in [6.45, 7) is -0.620. The summed E-state index contributed by atoms with van der Waals surface area (Å²) in [4.78, 5) is 4.17. The fourth-order valence-electron chi connectivity index (χ4n) is 2.42. The SMILES string of the molecule is CN=C(NCc1ccc(OC)cc1OC(F)F)NC(C)c1ccccc1.I. The lowest BCUT2D eigenvalue weighted by atomic mass is 10.1. The van der Waals surface area contributed by atoms with Gasteiger partial charge >= 0.3 is 6.61 Å². The first-order valence-corrected chi connectivity index (χ1v) is 8.17. The van der Waals surface area contributed by atoms with Gasteiger partial charge in [0.2, 0.25) is 0 Å². The molecule has 1 unspecified atom stereocenters. The molecule has 0 aliphatic rings. The van der Waals surface area contributed by atoms with Crippen molar-refractivity contribution in [1.29, 1.82) is 0 Å². The predicted octanol–water partition coefficient (Wildman–Crippen LogP) is 4.34. The van der Waals surface area contributed by atoms with Gasteiger partial charge in [-0.05, 0) is 24.6 Å². The smallest absolute Gasteiger partial charge is 0.387 e. The van der Waals surface area contributed by atoms with Gasteiger partial charge in [-0.2, -0.15) is 8.78 Å². The second-order valence-corrected chi connectivity index (χ2v) is 5.55. The summed E-state index contributed by atoms with van der Waals surface area (Å²) in [5, 5.41) is 6.37. The zero-order valence-corrected chi connectivity index (χ0v) is 17.7. The lowest BCUT2D eigenvalue weighted by Crippen LogP contribution is -2.38. The molecule has 0 aliphatic heterocycles. The third-order valence-corrected chi connectivity index (χ3v) is 3.81. The molecular formula is C19H24F2IN3O2. The molecule has 148 valence electrons. The monoisotopic (exact) mass is 491 g/mol. The second kappa shape index (κ2) is 11.6. The summed E-state index contributed by atoms with van der Waals surface area (Å²) in [6.07, 6.45) is 0. The largest absolute Gasteiger partial charge is 0.497 e. The van der Waals surface area contributed by atoms with Crippen LogP contribution < -0.4 is 20.1 Å². The Bertz CT molecular complexity index is 730. The van der Waals surface area contributed by atoms with Crippen molar-refractivity contribution in [3.63, 3.8) is 0 Å². The Balaban J connectivity index is 0.00000364. The van der Waals surface area contributed by atoms with Crippen molar-refractivity contribution < 1.29 is 18.3 Å². The molecule has 5 nitrogen and oxygen atoms in total. The van der Waals surface area contributed by atoms with Gasteiger partial charge in [0.1, 0.15) is 11.5 Å². The number of alkyl halides is 2. The van der Waals surface area contributed by atoms with Crippen LogP contribution in [0.4, 0.5) is 8.78 Å². The molecule has 0 radical (unpaired) electrons. The molecule has 0 fully saturated rings. The summed E-state index contributed by atoms with van der Waals surface area (Å²) in [5.41, 5.74) is 1.68. The number of nitrogens with one attached hydrogen (secondary N) is 2. The van der Waals surface area contributed by atoms with Gasteiger partial charge in [-0.25, -0.2) is 0 Å².